The van der Waals surface area contributed by atoms with Crippen molar-refractivity contribution in [3.63, 3.8) is 0 Å². The molecule has 0 bridgehead atoms. The predicted molar refractivity (Wildman–Crippen MR) is 42.1 cm³/mol. The lowest BCUT2D eigenvalue weighted by Crippen LogP contribution is -2.19. The third kappa shape index (κ3) is 2.07. The Labute approximate surface area is 71.2 Å². The molecule has 4 heteroatoms. The van der Waals surface area contributed by atoms with Gasteiger partial charge in [-0.3, -0.25) is 4.79 Å². The Kier molecular flexibility index (Phi) is 3.15. The van der Waals surface area contributed by atoms with E-state index >= 15 is 0 Å². The van der Waals surface area contributed by atoms with Gasteiger partial charge in [-0.1, -0.05) is 0 Å². The van der Waals surface area contributed by atoms with Gasteiger partial charge >= 0.3 is 5.97 Å². The molecule has 1 aliphatic carbocycles. The first kappa shape index (κ1) is 8.81. The maximum absolute atomic E-state index is 11.0. The highest BCUT2D eigenvalue weighted by atomic mass is 35.5. The van der Waals surface area contributed by atoms with Crippen LogP contribution in [0.3, 0.4) is 0 Å². The number of carbonyl (C=O) groups excluding carboxylic acids is 1. The van der Waals surface area contributed by atoms with Crippen molar-refractivity contribution < 1.29 is 9.53 Å². The first-order valence-electron chi connectivity index (χ1n) is 3.72. The number of hydrogen-bond donors (Lipinski definition) is 1. The molecular formula is C7H12ClNO2. The van der Waals surface area contributed by atoms with E-state index in [2.05, 4.69) is 9.57 Å². The smallest absolute Gasteiger partial charge is 0.308 e. The van der Waals surface area contributed by atoms with Crippen LogP contribution in [-0.2, 0) is 9.53 Å². The van der Waals surface area contributed by atoms with Crippen LogP contribution in [0.25, 0.3) is 0 Å². The summed E-state index contributed by atoms with van der Waals surface area (Å²) in [6.07, 6.45) is 2.65. The molecule has 3 nitrogen and oxygen atoms in total. The minimum absolute atomic E-state index is 0.0521. The first-order chi connectivity index (χ1) is 5.27. The molecule has 0 radical (unpaired) electrons. The summed E-state index contributed by atoms with van der Waals surface area (Å²) in [6, 6.07) is 0.278. The fourth-order valence-corrected chi connectivity index (χ4v) is 1.66. The molecule has 0 heterocycles. The summed E-state index contributed by atoms with van der Waals surface area (Å²) in [5.74, 6) is -0.0596. The van der Waals surface area contributed by atoms with Crippen molar-refractivity contribution in [1.29, 1.82) is 0 Å². The van der Waals surface area contributed by atoms with E-state index < -0.39 is 0 Å². The van der Waals surface area contributed by atoms with E-state index in [1.165, 1.54) is 7.11 Å². The van der Waals surface area contributed by atoms with Crippen LogP contribution in [0.4, 0.5) is 0 Å². The summed E-state index contributed by atoms with van der Waals surface area (Å²) < 4.78 is 4.62. The van der Waals surface area contributed by atoms with E-state index in [1.807, 2.05) is 0 Å². The zero-order valence-corrected chi connectivity index (χ0v) is 7.23. The second-order valence-electron chi connectivity index (χ2n) is 2.84. The van der Waals surface area contributed by atoms with E-state index in [0.717, 1.165) is 19.3 Å². The van der Waals surface area contributed by atoms with Crippen molar-refractivity contribution in [2.75, 3.05) is 7.11 Å². The molecule has 0 aromatic rings. The van der Waals surface area contributed by atoms with Crippen molar-refractivity contribution in [3.05, 3.63) is 0 Å². The number of methoxy groups -OCH3 is 1. The SMILES string of the molecule is COC(=O)[C@@H]1CC[C@H](NCl)C1. The van der Waals surface area contributed by atoms with Gasteiger partial charge in [-0.05, 0) is 31.0 Å². The third-order valence-corrected chi connectivity index (χ3v) is 2.43. The summed E-state index contributed by atoms with van der Waals surface area (Å²) >= 11 is 5.42. The topological polar surface area (TPSA) is 38.3 Å². The standard InChI is InChI=1S/C7H12ClNO2/c1-11-7(10)5-2-3-6(4-5)9-8/h5-6,9H,2-4H2,1H3/t5-,6+/m1/s1. The van der Waals surface area contributed by atoms with Gasteiger partial charge in [0.1, 0.15) is 0 Å². The van der Waals surface area contributed by atoms with Crippen LogP contribution in [0, 0.1) is 5.92 Å². The Bertz CT molecular complexity index is 151. The van der Waals surface area contributed by atoms with Gasteiger partial charge in [-0.15, -0.1) is 0 Å². The summed E-state index contributed by atoms with van der Waals surface area (Å²) in [6.45, 7) is 0. The maximum atomic E-state index is 11.0. The molecule has 0 aromatic heterocycles. The van der Waals surface area contributed by atoms with Gasteiger partial charge in [0.2, 0.25) is 0 Å². The molecule has 11 heavy (non-hydrogen) atoms. The summed E-state index contributed by atoms with van der Waals surface area (Å²) in [4.78, 5) is 13.6. The van der Waals surface area contributed by atoms with Gasteiger partial charge in [0.15, 0.2) is 0 Å². The molecule has 0 amide bonds. The minimum Gasteiger partial charge on any atom is -0.469 e. The molecule has 0 aromatic carbocycles. The van der Waals surface area contributed by atoms with Crippen LogP contribution in [-0.4, -0.2) is 19.1 Å². The number of hydrogen-bond acceptors (Lipinski definition) is 3. The van der Waals surface area contributed by atoms with Crippen molar-refractivity contribution in [3.8, 4) is 0 Å². The highest BCUT2D eigenvalue weighted by molar-refractivity contribution is 6.13. The van der Waals surface area contributed by atoms with Gasteiger partial charge in [0.05, 0.1) is 13.0 Å². The molecule has 1 aliphatic rings. The number of esters is 1. The van der Waals surface area contributed by atoms with Gasteiger partial charge < -0.3 is 4.74 Å². The van der Waals surface area contributed by atoms with Crippen LogP contribution in [0.5, 0.6) is 0 Å². The first-order valence-corrected chi connectivity index (χ1v) is 4.09. The summed E-state index contributed by atoms with van der Waals surface area (Å²) in [5.41, 5.74) is 0. The lowest BCUT2D eigenvalue weighted by atomic mass is 10.1. The molecule has 0 unspecified atom stereocenters. The monoisotopic (exact) mass is 177 g/mol. The number of ether oxygens (including phenoxy) is 1. The lowest BCUT2D eigenvalue weighted by Gasteiger charge is -2.06. The summed E-state index contributed by atoms with van der Waals surface area (Å²) in [5, 5.41) is 0. The Balaban J connectivity index is 2.35. The fourth-order valence-electron chi connectivity index (χ4n) is 1.46. The van der Waals surface area contributed by atoms with E-state index in [9.17, 15) is 4.79 Å². The Morgan fingerprint density at radius 1 is 1.64 bits per heavy atom. The normalized spacial score (nSPS) is 30.4. The zero-order valence-electron chi connectivity index (χ0n) is 6.47. The number of carbonyl (C=O) groups is 1. The van der Waals surface area contributed by atoms with E-state index in [4.69, 9.17) is 11.8 Å². The molecule has 64 valence electrons. The van der Waals surface area contributed by atoms with Crippen LogP contribution in [0.2, 0.25) is 0 Å². The van der Waals surface area contributed by atoms with E-state index in [1.54, 1.807) is 0 Å². The average molecular weight is 178 g/mol. The van der Waals surface area contributed by atoms with Gasteiger partial charge in [0.25, 0.3) is 0 Å². The molecule has 2 atom stereocenters. The Hall–Kier alpha value is -0.280. The van der Waals surface area contributed by atoms with Crippen LogP contribution >= 0.6 is 11.8 Å². The Morgan fingerprint density at radius 2 is 2.36 bits per heavy atom. The van der Waals surface area contributed by atoms with Crippen molar-refractivity contribution >= 4 is 17.7 Å². The number of rotatable bonds is 2. The molecule has 0 saturated heterocycles. The summed E-state index contributed by atoms with van der Waals surface area (Å²) in [7, 11) is 1.42. The second kappa shape index (κ2) is 3.93. The van der Waals surface area contributed by atoms with E-state index in [0.29, 0.717) is 0 Å². The third-order valence-electron chi connectivity index (χ3n) is 2.12. The van der Waals surface area contributed by atoms with Crippen LogP contribution in [0.15, 0.2) is 0 Å². The zero-order chi connectivity index (χ0) is 8.27. The van der Waals surface area contributed by atoms with Gasteiger partial charge in [0, 0.05) is 6.04 Å². The predicted octanol–water partition coefficient (Wildman–Crippen LogP) is 1.07. The molecule has 1 rings (SSSR count). The molecule has 1 N–H and O–H groups in total. The maximum Gasteiger partial charge on any atom is 0.308 e. The highest BCUT2D eigenvalue weighted by Crippen LogP contribution is 2.26. The molecule has 1 fully saturated rings. The minimum atomic E-state index is -0.112. The van der Waals surface area contributed by atoms with Crippen LogP contribution < -0.4 is 4.84 Å². The molecule has 1 saturated carbocycles. The van der Waals surface area contributed by atoms with Crippen molar-refractivity contribution in [2.45, 2.75) is 25.3 Å². The largest absolute Gasteiger partial charge is 0.469 e. The van der Waals surface area contributed by atoms with Crippen molar-refractivity contribution in [2.24, 2.45) is 5.92 Å². The molecule has 0 aliphatic heterocycles. The highest BCUT2D eigenvalue weighted by Gasteiger charge is 2.29. The second-order valence-corrected chi connectivity index (χ2v) is 3.06. The average Bonchev–Trinajstić information content (AvgIpc) is 2.50. The number of halogens is 1. The van der Waals surface area contributed by atoms with Crippen LogP contribution in [0.1, 0.15) is 19.3 Å². The fraction of sp³-hybridized carbons (Fsp3) is 0.857. The van der Waals surface area contributed by atoms with E-state index in [-0.39, 0.29) is 17.9 Å². The lowest BCUT2D eigenvalue weighted by molar-refractivity contribution is -0.145. The quantitative estimate of drug-likeness (QED) is 0.507. The van der Waals surface area contributed by atoms with Gasteiger partial charge in [-0.2, -0.15) is 0 Å². The molecular weight excluding hydrogens is 166 g/mol. The van der Waals surface area contributed by atoms with Gasteiger partial charge in [-0.25, -0.2) is 4.84 Å². The van der Waals surface area contributed by atoms with Crippen molar-refractivity contribution in [1.82, 2.24) is 4.84 Å². The number of nitrogens with one attached hydrogen (secondary N) is 1. The molecule has 0 spiro atoms. The Morgan fingerprint density at radius 3 is 2.82 bits per heavy atom.